The maximum atomic E-state index is 12.4. The lowest BCUT2D eigenvalue weighted by Crippen LogP contribution is -2.48. The second-order valence-corrected chi connectivity index (χ2v) is 4.29. The summed E-state index contributed by atoms with van der Waals surface area (Å²) >= 11 is 0. The number of anilines is 1. The monoisotopic (exact) mass is 233 g/mol. The summed E-state index contributed by atoms with van der Waals surface area (Å²) in [6, 6.07) is 3.74. The Labute approximate surface area is 102 Å². The molecule has 1 aromatic rings. The molecule has 1 aliphatic rings. The zero-order valence-electron chi connectivity index (χ0n) is 10.2. The summed E-state index contributed by atoms with van der Waals surface area (Å²) in [5.74, 6) is 0.179. The third-order valence-electron chi connectivity index (χ3n) is 3.17. The van der Waals surface area contributed by atoms with E-state index in [2.05, 4.69) is 10.3 Å². The first-order valence-corrected chi connectivity index (χ1v) is 6.27. The fraction of sp³-hybridized carbons (Fsp3) is 0.538. The van der Waals surface area contributed by atoms with E-state index in [1.807, 2.05) is 24.0 Å². The van der Waals surface area contributed by atoms with E-state index in [9.17, 15) is 4.79 Å². The van der Waals surface area contributed by atoms with Crippen LogP contribution in [0.25, 0.3) is 0 Å². The van der Waals surface area contributed by atoms with Crippen LogP contribution in [-0.2, 0) is 4.79 Å². The van der Waals surface area contributed by atoms with Crippen LogP contribution in [0.5, 0.6) is 0 Å². The highest BCUT2D eigenvalue weighted by atomic mass is 16.2. The lowest BCUT2D eigenvalue weighted by Gasteiger charge is -2.29. The van der Waals surface area contributed by atoms with Crippen molar-refractivity contribution in [1.29, 1.82) is 0 Å². The number of hydrogen-bond acceptors (Lipinski definition) is 3. The molecule has 1 aromatic heterocycles. The van der Waals surface area contributed by atoms with E-state index in [1.54, 1.807) is 12.4 Å². The lowest BCUT2D eigenvalue weighted by atomic mass is 10.0. The van der Waals surface area contributed by atoms with Gasteiger partial charge in [0.15, 0.2) is 0 Å². The van der Waals surface area contributed by atoms with Gasteiger partial charge >= 0.3 is 0 Å². The Bertz CT molecular complexity index is 360. The second-order valence-electron chi connectivity index (χ2n) is 4.29. The number of amides is 1. The molecule has 1 aliphatic heterocycles. The van der Waals surface area contributed by atoms with Crippen molar-refractivity contribution in [2.75, 3.05) is 18.0 Å². The van der Waals surface area contributed by atoms with Gasteiger partial charge in [-0.2, -0.15) is 0 Å². The third-order valence-corrected chi connectivity index (χ3v) is 3.17. The summed E-state index contributed by atoms with van der Waals surface area (Å²) in [6.07, 6.45) is 6.70. The molecular weight excluding hydrogens is 214 g/mol. The van der Waals surface area contributed by atoms with Gasteiger partial charge in [-0.1, -0.05) is 6.42 Å². The fourth-order valence-electron chi connectivity index (χ4n) is 2.24. The zero-order valence-corrected chi connectivity index (χ0v) is 10.2. The minimum atomic E-state index is -0.0168. The van der Waals surface area contributed by atoms with E-state index in [1.165, 1.54) is 6.42 Å². The second kappa shape index (κ2) is 5.77. The highest BCUT2D eigenvalue weighted by molar-refractivity contribution is 5.97. The average molecular weight is 233 g/mol. The standard InChI is InChI=1S/C13H19N3O/c1-2-16(11-6-9-14-10-7-11)13(17)12-5-3-4-8-15-12/h6-7,9-10,12,15H,2-5,8H2,1H3/t12-/m1/s1. The molecule has 0 spiro atoms. The Balaban J connectivity index is 2.10. The Kier molecular flexibility index (Phi) is 4.09. The molecule has 1 saturated heterocycles. The van der Waals surface area contributed by atoms with Gasteiger partial charge in [-0.15, -0.1) is 0 Å². The Morgan fingerprint density at radius 1 is 1.47 bits per heavy atom. The summed E-state index contributed by atoms with van der Waals surface area (Å²) in [7, 11) is 0. The van der Waals surface area contributed by atoms with Crippen molar-refractivity contribution >= 4 is 11.6 Å². The van der Waals surface area contributed by atoms with Crippen LogP contribution in [0.15, 0.2) is 24.5 Å². The number of pyridine rings is 1. The molecule has 2 heterocycles. The Morgan fingerprint density at radius 3 is 2.82 bits per heavy atom. The molecule has 1 amide bonds. The number of carbonyl (C=O) groups is 1. The van der Waals surface area contributed by atoms with Crippen molar-refractivity contribution < 1.29 is 4.79 Å². The number of nitrogens with one attached hydrogen (secondary N) is 1. The van der Waals surface area contributed by atoms with Crippen molar-refractivity contribution in [3.05, 3.63) is 24.5 Å². The van der Waals surface area contributed by atoms with E-state index in [0.717, 1.165) is 25.1 Å². The molecule has 17 heavy (non-hydrogen) atoms. The minimum Gasteiger partial charge on any atom is -0.311 e. The molecule has 0 saturated carbocycles. The van der Waals surface area contributed by atoms with Crippen LogP contribution in [0, 0.1) is 0 Å². The van der Waals surface area contributed by atoms with Crippen molar-refractivity contribution in [1.82, 2.24) is 10.3 Å². The van der Waals surface area contributed by atoms with Crippen LogP contribution in [0.4, 0.5) is 5.69 Å². The van der Waals surface area contributed by atoms with Crippen LogP contribution in [0.1, 0.15) is 26.2 Å². The quantitative estimate of drug-likeness (QED) is 0.862. The number of nitrogens with zero attached hydrogens (tertiary/aromatic N) is 2. The predicted molar refractivity (Wildman–Crippen MR) is 67.9 cm³/mol. The van der Waals surface area contributed by atoms with Crippen LogP contribution >= 0.6 is 0 Å². The van der Waals surface area contributed by atoms with Crippen LogP contribution in [-0.4, -0.2) is 30.0 Å². The van der Waals surface area contributed by atoms with Crippen molar-refractivity contribution in [2.45, 2.75) is 32.2 Å². The number of rotatable bonds is 3. The SMILES string of the molecule is CCN(C(=O)[C@H]1CCCCN1)c1ccncc1. The first-order valence-electron chi connectivity index (χ1n) is 6.27. The molecule has 0 bridgehead atoms. The van der Waals surface area contributed by atoms with Gasteiger partial charge in [0.1, 0.15) is 0 Å². The normalized spacial score (nSPS) is 19.9. The number of aromatic nitrogens is 1. The van der Waals surface area contributed by atoms with Gasteiger partial charge in [-0.3, -0.25) is 9.78 Å². The maximum absolute atomic E-state index is 12.4. The van der Waals surface area contributed by atoms with E-state index in [4.69, 9.17) is 0 Å². The molecule has 2 rings (SSSR count). The van der Waals surface area contributed by atoms with Gasteiger partial charge in [0.25, 0.3) is 0 Å². The first kappa shape index (κ1) is 12.0. The molecule has 1 fully saturated rings. The summed E-state index contributed by atoms with van der Waals surface area (Å²) < 4.78 is 0. The highest BCUT2D eigenvalue weighted by Gasteiger charge is 2.25. The molecule has 4 heteroatoms. The summed E-state index contributed by atoms with van der Waals surface area (Å²) in [6.45, 7) is 3.65. The zero-order chi connectivity index (χ0) is 12.1. The molecule has 0 radical (unpaired) electrons. The van der Waals surface area contributed by atoms with E-state index in [-0.39, 0.29) is 11.9 Å². The Morgan fingerprint density at radius 2 is 2.24 bits per heavy atom. The summed E-state index contributed by atoms with van der Waals surface area (Å²) in [5, 5.41) is 3.30. The van der Waals surface area contributed by atoms with Gasteiger partial charge in [-0.25, -0.2) is 0 Å². The molecule has 0 unspecified atom stereocenters. The predicted octanol–water partition coefficient (Wildman–Crippen LogP) is 1.58. The maximum Gasteiger partial charge on any atom is 0.244 e. The van der Waals surface area contributed by atoms with Crippen LogP contribution in [0.2, 0.25) is 0 Å². The number of likely N-dealkylation sites (N-methyl/N-ethyl adjacent to an activating group) is 1. The van der Waals surface area contributed by atoms with Crippen molar-refractivity contribution in [2.24, 2.45) is 0 Å². The lowest BCUT2D eigenvalue weighted by molar-refractivity contribution is -0.121. The number of hydrogen-bond donors (Lipinski definition) is 1. The molecular formula is C13H19N3O. The topological polar surface area (TPSA) is 45.2 Å². The molecule has 4 nitrogen and oxygen atoms in total. The number of piperidine rings is 1. The Hall–Kier alpha value is -1.42. The summed E-state index contributed by atoms with van der Waals surface area (Å²) in [4.78, 5) is 18.2. The van der Waals surface area contributed by atoms with Gasteiger partial charge in [0.05, 0.1) is 6.04 Å². The van der Waals surface area contributed by atoms with E-state index >= 15 is 0 Å². The first-order chi connectivity index (χ1) is 8.33. The van der Waals surface area contributed by atoms with E-state index in [0.29, 0.717) is 6.54 Å². The largest absolute Gasteiger partial charge is 0.311 e. The molecule has 1 atom stereocenters. The average Bonchev–Trinajstić information content (AvgIpc) is 2.42. The van der Waals surface area contributed by atoms with Crippen molar-refractivity contribution in [3.63, 3.8) is 0 Å². The minimum absolute atomic E-state index is 0.0168. The fourth-order valence-corrected chi connectivity index (χ4v) is 2.24. The summed E-state index contributed by atoms with van der Waals surface area (Å²) in [5.41, 5.74) is 0.930. The highest BCUT2D eigenvalue weighted by Crippen LogP contribution is 2.16. The molecule has 0 aliphatic carbocycles. The molecule has 92 valence electrons. The van der Waals surface area contributed by atoms with Gasteiger partial charge in [0, 0.05) is 24.6 Å². The van der Waals surface area contributed by atoms with Crippen molar-refractivity contribution in [3.8, 4) is 0 Å². The number of carbonyl (C=O) groups excluding carboxylic acids is 1. The van der Waals surface area contributed by atoms with E-state index < -0.39 is 0 Å². The van der Waals surface area contributed by atoms with Crippen LogP contribution in [0.3, 0.4) is 0 Å². The van der Waals surface area contributed by atoms with Gasteiger partial charge in [-0.05, 0) is 38.4 Å². The van der Waals surface area contributed by atoms with Gasteiger partial charge < -0.3 is 10.2 Å². The third kappa shape index (κ3) is 2.82. The molecule has 1 N–H and O–H groups in total. The van der Waals surface area contributed by atoms with Gasteiger partial charge in [0.2, 0.25) is 5.91 Å². The molecule has 0 aromatic carbocycles. The smallest absolute Gasteiger partial charge is 0.244 e. The van der Waals surface area contributed by atoms with Crippen LogP contribution < -0.4 is 10.2 Å².